The molecule has 0 bridgehead atoms. The maximum absolute atomic E-state index is 5.94. The van der Waals surface area contributed by atoms with Gasteiger partial charge in [-0.05, 0) is 37.8 Å². The molecule has 0 fully saturated rings. The first-order valence-corrected chi connectivity index (χ1v) is 7.73. The van der Waals surface area contributed by atoms with Crippen molar-refractivity contribution in [2.75, 3.05) is 6.54 Å². The number of nitrogens with one attached hydrogen (secondary N) is 1. The Kier molecular flexibility index (Phi) is 4.22. The van der Waals surface area contributed by atoms with E-state index >= 15 is 0 Å². The molecule has 1 aromatic heterocycles. The summed E-state index contributed by atoms with van der Waals surface area (Å²) in [6.45, 7) is 4.18. The van der Waals surface area contributed by atoms with Crippen molar-refractivity contribution in [1.82, 2.24) is 5.32 Å². The molecular formula is C18H23NO. The summed E-state index contributed by atoms with van der Waals surface area (Å²) in [6.07, 6.45) is 9.35. The number of furan rings is 1. The van der Waals surface area contributed by atoms with Crippen LogP contribution in [0.3, 0.4) is 0 Å². The van der Waals surface area contributed by atoms with Crippen LogP contribution in [-0.2, 0) is 13.0 Å². The molecule has 3 rings (SSSR count). The van der Waals surface area contributed by atoms with E-state index in [9.17, 15) is 0 Å². The molecule has 2 aromatic rings. The third-order valence-corrected chi connectivity index (χ3v) is 4.22. The van der Waals surface area contributed by atoms with Gasteiger partial charge in [-0.15, -0.1) is 0 Å². The Morgan fingerprint density at radius 1 is 1.25 bits per heavy atom. The van der Waals surface area contributed by atoms with Gasteiger partial charge in [-0.3, -0.25) is 0 Å². The summed E-state index contributed by atoms with van der Waals surface area (Å²) in [6, 6.07) is 8.35. The maximum atomic E-state index is 5.94. The van der Waals surface area contributed by atoms with E-state index in [0.29, 0.717) is 0 Å². The first-order chi connectivity index (χ1) is 9.88. The van der Waals surface area contributed by atoms with Crippen molar-refractivity contribution in [3.63, 3.8) is 0 Å². The third-order valence-electron chi connectivity index (χ3n) is 4.22. The van der Waals surface area contributed by atoms with Crippen molar-refractivity contribution >= 4 is 11.0 Å². The number of aryl methyl sites for hydroxylation is 1. The number of rotatable bonds is 5. The van der Waals surface area contributed by atoms with Gasteiger partial charge in [-0.25, -0.2) is 0 Å². The predicted octanol–water partition coefficient (Wildman–Crippen LogP) is 4.44. The number of benzene rings is 1. The van der Waals surface area contributed by atoms with Crippen molar-refractivity contribution in [2.24, 2.45) is 5.92 Å². The van der Waals surface area contributed by atoms with E-state index in [-0.39, 0.29) is 0 Å². The first kappa shape index (κ1) is 13.4. The van der Waals surface area contributed by atoms with Crippen LogP contribution in [-0.4, -0.2) is 6.54 Å². The summed E-state index contributed by atoms with van der Waals surface area (Å²) in [7, 11) is 0. The van der Waals surface area contributed by atoms with Crippen LogP contribution < -0.4 is 5.32 Å². The molecule has 0 aliphatic heterocycles. The van der Waals surface area contributed by atoms with Crippen LogP contribution >= 0.6 is 0 Å². The third kappa shape index (κ3) is 2.80. The molecule has 1 N–H and O–H groups in total. The number of hydrogen-bond donors (Lipinski definition) is 1. The molecule has 1 unspecified atom stereocenters. The van der Waals surface area contributed by atoms with Crippen molar-refractivity contribution in [3.05, 3.63) is 47.7 Å². The molecule has 20 heavy (non-hydrogen) atoms. The average molecular weight is 269 g/mol. The molecule has 0 radical (unpaired) electrons. The van der Waals surface area contributed by atoms with Gasteiger partial charge in [0.05, 0.1) is 0 Å². The lowest BCUT2D eigenvalue weighted by atomic mass is 9.94. The molecule has 2 heteroatoms. The second kappa shape index (κ2) is 6.27. The highest BCUT2D eigenvalue weighted by Gasteiger charge is 2.13. The highest BCUT2D eigenvalue weighted by molar-refractivity contribution is 5.82. The van der Waals surface area contributed by atoms with E-state index in [0.717, 1.165) is 36.8 Å². The SMILES string of the molecule is CCc1oc2ccccc2c1CNCC1CC=CCC1. The van der Waals surface area contributed by atoms with Crippen molar-refractivity contribution in [3.8, 4) is 0 Å². The fourth-order valence-corrected chi connectivity index (χ4v) is 3.07. The minimum atomic E-state index is 0.795. The molecule has 1 aliphatic rings. The molecule has 0 spiro atoms. The van der Waals surface area contributed by atoms with Gasteiger partial charge in [0.2, 0.25) is 0 Å². The molecule has 0 saturated carbocycles. The highest BCUT2D eigenvalue weighted by Crippen LogP contribution is 2.26. The van der Waals surface area contributed by atoms with Gasteiger partial charge < -0.3 is 9.73 Å². The van der Waals surface area contributed by atoms with Crippen LogP contribution in [0.2, 0.25) is 0 Å². The minimum absolute atomic E-state index is 0.795. The van der Waals surface area contributed by atoms with E-state index in [1.165, 1.54) is 30.2 Å². The number of hydrogen-bond acceptors (Lipinski definition) is 2. The van der Waals surface area contributed by atoms with Crippen LogP contribution in [0, 0.1) is 5.92 Å². The number of allylic oxidation sites excluding steroid dienone is 2. The summed E-state index contributed by atoms with van der Waals surface area (Å²) < 4.78 is 5.94. The van der Waals surface area contributed by atoms with Crippen molar-refractivity contribution in [1.29, 1.82) is 0 Å². The predicted molar refractivity (Wildman–Crippen MR) is 83.8 cm³/mol. The van der Waals surface area contributed by atoms with Crippen molar-refractivity contribution in [2.45, 2.75) is 39.2 Å². The zero-order valence-corrected chi connectivity index (χ0v) is 12.2. The second-order valence-corrected chi connectivity index (χ2v) is 5.63. The zero-order chi connectivity index (χ0) is 13.8. The van der Waals surface area contributed by atoms with Crippen LogP contribution in [0.1, 0.15) is 37.5 Å². The van der Waals surface area contributed by atoms with E-state index < -0.39 is 0 Å². The summed E-state index contributed by atoms with van der Waals surface area (Å²) in [5.41, 5.74) is 2.36. The van der Waals surface area contributed by atoms with Crippen LogP contribution in [0.25, 0.3) is 11.0 Å². The smallest absolute Gasteiger partial charge is 0.134 e. The Morgan fingerprint density at radius 3 is 2.95 bits per heavy atom. The van der Waals surface area contributed by atoms with Crippen LogP contribution in [0.15, 0.2) is 40.8 Å². The maximum Gasteiger partial charge on any atom is 0.134 e. The minimum Gasteiger partial charge on any atom is -0.461 e. The van der Waals surface area contributed by atoms with Crippen LogP contribution in [0.4, 0.5) is 0 Å². The zero-order valence-electron chi connectivity index (χ0n) is 12.2. The summed E-state index contributed by atoms with van der Waals surface area (Å²) in [4.78, 5) is 0. The molecular weight excluding hydrogens is 246 g/mol. The molecule has 0 saturated heterocycles. The van der Waals surface area contributed by atoms with E-state index in [2.05, 4.69) is 42.6 Å². The summed E-state index contributed by atoms with van der Waals surface area (Å²) in [5, 5.41) is 4.89. The lowest BCUT2D eigenvalue weighted by molar-refractivity contribution is 0.438. The normalized spacial score (nSPS) is 18.8. The number of para-hydroxylation sites is 1. The molecule has 1 atom stereocenters. The van der Waals surface area contributed by atoms with E-state index in [1.54, 1.807) is 0 Å². The second-order valence-electron chi connectivity index (χ2n) is 5.63. The van der Waals surface area contributed by atoms with Gasteiger partial charge in [0.25, 0.3) is 0 Å². The Labute approximate surface area is 120 Å². The van der Waals surface area contributed by atoms with Gasteiger partial charge in [0.1, 0.15) is 11.3 Å². The van der Waals surface area contributed by atoms with Crippen molar-refractivity contribution < 1.29 is 4.42 Å². The fourth-order valence-electron chi connectivity index (χ4n) is 3.07. The Bertz CT molecular complexity index is 596. The lowest BCUT2D eigenvalue weighted by Gasteiger charge is -2.18. The van der Waals surface area contributed by atoms with Crippen LogP contribution in [0.5, 0.6) is 0 Å². The van der Waals surface area contributed by atoms with Gasteiger partial charge in [0.15, 0.2) is 0 Å². The fraction of sp³-hybridized carbons (Fsp3) is 0.444. The molecule has 0 amide bonds. The molecule has 1 aliphatic carbocycles. The first-order valence-electron chi connectivity index (χ1n) is 7.73. The summed E-state index contributed by atoms with van der Waals surface area (Å²) in [5.74, 6) is 1.92. The topological polar surface area (TPSA) is 25.2 Å². The molecule has 1 heterocycles. The Balaban J connectivity index is 1.68. The van der Waals surface area contributed by atoms with Gasteiger partial charge in [0, 0.05) is 23.9 Å². The lowest BCUT2D eigenvalue weighted by Crippen LogP contribution is -2.23. The monoisotopic (exact) mass is 269 g/mol. The quantitative estimate of drug-likeness (QED) is 0.812. The summed E-state index contributed by atoms with van der Waals surface area (Å²) >= 11 is 0. The van der Waals surface area contributed by atoms with E-state index in [1.807, 2.05) is 6.07 Å². The Hall–Kier alpha value is -1.54. The molecule has 1 aromatic carbocycles. The Morgan fingerprint density at radius 2 is 2.15 bits per heavy atom. The van der Waals surface area contributed by atoms with E-state index in [4.69, 9.17) is 4.42 Å². The highest BCUT2D eigenvalue weighted by atomic mass is 16.3. The molecule has 106 valence electrons. The molecule has 2 nitrogen and oxygen atoms in total. The van der Waals surface area contributed by atoms with Gasteiger partial charge >= 0.3 is 0 Å². The average Bonchev–Trinajstić information content (AvgIpc) is 2.87. The standard InChI is InChI=1S/C18H23NO/c1-2-17-16(15-10-6-7-11-18(15)20-17)13-19-12-14-8-4-3-5-9-14/h3-4,6-7,10-11,14,19H,2,5,8-9,12-13H2,1H3. The van der Waals surface area contributed by atoms with Gasteiger partial charge in [-0.2, -0.15) is 0 Å². The number of fused-ring (bicyclic) bond motifs is 1. The largest absolute Gasteiger partial charge is 0.461 e. The van der Waals surface area contributed by atoms with Gasteiger partial charge in [-0.1, -0.05) is 37.3 Å².